The van der Waals surface area contributed by atoms with Crippen LogP contribution in [0, 0.1) is 0 Å². The van der Waals surface area contributed by atoms with Gasteiger partial charge in [-0.05, 0) is 18.6 Å². The second-order valence-corrected chi connectivity index (χ2v) is 5.47. The summed E-state index contributed by atoms with van der Waals surface area (Å²) in [6, 6.07) is 7.26. The number of nitrogens with two attached hydrogens (primary N) is 1. The topological polar surface area (TPSA) is 85.8 Å². The van der Waals surface area contributed by atoms with Crippen molar-refractivity contribution in [2.75, 3.05) is 11.6 Å². The summed E-state index contributed by atoms with van der Waals surface area (Å²) in [5.41, 5.74) is 0.884. The number of amides is 1. The van der Waals surface area contributed by atoms with E-state index in [4.69, 9.17) is 17.4 Å². The van der Waals surface area contributed by atoms with Crippen LogP contribution in [-0.2, 0) is 4.79 Å². The molecule has 2 rings (SSSR count). The number of hydrogen-bond donors (Lipinski definition) is 2. The molecule has 20 heavy (non-hydrogen) atoms. The molecule has 0 saturated heterocycles. The van der Waals surface area contributed by atoms with Crippen LogP contribution in [0.4, 0.5) is 0 Å². The van der Waals surface area contributed by atoms with Gasteiger partial charge in [0, 0.05) is 5.02 Å². The lowest BCUT2D eigenvalue weighted by molar-refractivity contribution is -0.119. The largest absolute Gasteiger partial charge is 0.349 e. The van der Waals surface area contributed by atoms with E-state index in [0.717, 1.165) is 5.56 Å². The Hall–Kier alpha value is -1.73. The van der Waals surface area contributed by atoms with Crippen LogP contribution in [-0.4, -0.2) is 26.5 Å². The summed E-state index contributed by atoms with van der Waals surface area (Å²) in [5.74, 6) is 5.65. The number of nitrogens with one attached hydrogen (secondary N) is 1. The van der Waals surface area contributed by atoms with Gasteiger partial charge in [-0.15, -0.1) is 10.2 Å². The molecule has 0 saturated carbocycles. The predicted octanol–water partition coefficient (Wildman–Crippen LogP) is 1.61. The van der Waals surface area contributed by atoms with E-state index in [2.05, 4.69) is 15.5 Å². The first-order valence-electron chi connectivity index (χ1n) is 5.89. The van der Waals surface area contributed by atoms with Crippen molar-refractivity contribution in [2.45, 2.75) is 18.1 Å². The van der Waals surface area contributed by atoms with E-state index < -0.39 is 0 Å². The van der Waals surface area contributed by atoms with E-state index in [1.807, 2.05) is 25.1 Å². The van der Waals surface area contributed by atoms with Gasteiger partial charge in [-0.1, -0.05) is 41.6 Å². The maximum absolute atomic E-state index is 11.9. The van der Waals surface area contributed by atoms with Crippen LogP contribution < -0.4 is 11.2 Å². The summed E-state index contributed by atoms with van der Waals surface area (Å²) >= 11 is 7.31. The van der Waals surface area contributed by atoms with E-state index in [9.17, 15) is 4.79 Å². The first kappa shape index (κ1) is 14.7. The van der Waals surface area contributed by atoms with Crippen molar-refractivity contribution in [1.82, 2.24) is 20.2 Å². The van der Waals surface area contributed by atoms with Gasteiger partial charge >= 0.3 is 0 Å². The average molecular weight is 312 g/mol. The van der Waals surface area contributed by atoms with E-state index in [0.29, 0.717) is 10.2 Å². The quantitative estimate of drug-likeness (QED) is 0.647. The van der Waals surface area contributed by atoms with Crippen LogP contribution in [0.15, 0.2) is 35.7 Å². The second kappa shape index (κ2) is 6.62. The highest BCUT2D eigenvalue weighted by Crippen LogP contribution is 2.22. The predicted molar refractivity (Wildman–Crippen MR) is 78.9 cm³/mol. The minimum absolute atomic E-state index is 0.120. The molecule has 0 spiro atoms. The van der Waals surface area contributed by atoms with Gasteiger partial charge in [0.1, 0.15) is 6.33 Å². The first-order chi connectivity index (χ1) is 9.58. The van der Waals surface area contributed by atoms with Crippen LogP contribution in [0.3, 0.4) is 0 Å². The lowest BCUT2D eigenvalue weighted by atomic mass is 10.1. The fourth-order valence-corrected chi connectivity index (χ4v) is 2.60. The van der Waals surface area contributed by atoms with Crippen LogP contribution in [0.1, 0.15) is 18.5 Å². The van der Waals surface area contributed by atoms with Gasteiger partial charge in [-0.3, -0.25) is 4.79 Å². The Balaban J connectivity index is 1.88. The van der Waals surface area contributed by atoms with Crippen molar-refractivity contribution in [3.05, 3.63) is 41.2 Å². The van der Waals surface area contributed by atoms with Crippen LogP contribution in [0.5, 0.6) is 0 Å². The molecule has 0 unspecified atom stereocenters. The molecule has 2 aromatic rings. The average Bonchev–Trinajstić information content (AvgIpc) is 2.82. The lowest BCUT2D eigenvalue weighted by Gasteiger charge is -2.15. The number of rotatable bonds is 5. The maximum Gasteiger partial charge on any atom is 0.230 e. The number of hydrogen-bond acceptors (Lipinski definition) is 5. The van der Waals surface area contributed by atoms with Crippen molar-refractivity contribution in [1.29, 1.82) is 0 Å². The van der Waals surface area contributed by atoms with Crippen molar-refractivity contribution in [3.8, 4) is 0 Å². The Labute approximate surface area is 125 Å². The van der Waals surface area contributed by atoms with Gasteiger partial charge in [-0.25, -0.2) is 4.68 Å². The van der Waals surface area contributed by atoms with Crippen molar-refractivity contribution in [3.63, 3.8) is 0 Å². The van der Waals surface area contributed by atoms with Crippen LogP contribution in [0.25, 0.3) is 0 Å². The Bertz CT molecular complexity index is 603. The Morgan fingerprint density at radius 2 is 2.30 bits per heavy atom. The Kier molecular flexibility index (Phi) is 4.86. The first-order valence-corrected chi connectivity index (χ1v) is 7.26. The summed E-state index contributed by atoms with van der Waals surface area (Å²) in [5, 5.41) is 11.4. The SMILES string of the molecule is C[C@@H](NC(=O)CSc1nncn1N)c1ccccc1Cl. The van der Waals surface area contributed by atoms with Crippen molar-refractivity contribution < 1.29 is 4.79 Å². The summed E-state index contributed by atoms with van der Waals surface area (Å²) in [6.07, 6.45) is 1.38. The standard InChI is InChI=1S/C12H14ClN5OS/c1-8(9-4-2-3-5-10(9)13)16-11(19)6-20-12-17-15-7-18(12)14/h2-5,7-8H,6,14H2,1H3,(H,16,19)/t8-/m1/s1. The molecular weight excluding hydrogens is 298 g/mol. The molecule has 8 heteroatoms. The molecule has 1 atom stereocenters. The molecule has 1 heterocycles. The Morgan fingerprint density at radius 1 is 1.55 bits per heavy atom. The number of benzene rings is 1. The molecule has 1 aromatic heterocycles. The lowest BCUT2D eigenvalue weighted by Crippen LogP contribution is -2.28. The van der Waals surface area contributed by atoms with Crippen LogP contribution in [0.2, 0.25) is 5.02 Å². The van der Waals surface area contributed by atoms with Crippen LogP contribution >= 0.6 is 23.4 Å². The summed E-state index contributed by atoms with van der Waals surface area (Å²) < 4.78 is 1.27. The van der Waals surface area contributed by atoms with Gasteiger partial charge in [0.15, 0.2) is 0 Å². The molecule has 0 bridgehead atoms. The molecule has 3 N–H and O–H groups in total. The summed E-state index contributed by atoms with van der Waals surface area (Å²) in [4.78, 5) is 11.9. The zero-order valence-corrected chi connectivity index (χ0v) is 12.4. The van der Waals surface area contributed by atoms with E-state index in [1.54, 1.807) is 6.07 Å². The number of aromatic nitrogens is 3. The molecule has 0 radical (unpaired) electrons. The van der Waals surface area contributed by atoms with Gasteiger partial charge in [-0.2, -0.15) is 0 Å². The van der Waals surface area contributed by atoms with E-state index in [1.165, 1.54) is 22.8 Å². The summed E-state index contributed by atoms with van der Waals surface area (Å²) in [7, 11) is 0. The third kappa shape index (κ3) is 3.64. The van der Waals surface area contributed by atoms with Gasteiger partial charge < -0.3 is 11.2 Å². The Morgan fingerprint density at radius 3 is 2.95 bits per heavy atom. The second-order valence-electron chi connectivity index (χ2n) is 4.12. The van der Waals surface area contributed by atoms with Gasteiger partial charge in [0.2, 0.25) is 11.1 Å². The molecular formula is C12H14ClN5OS. The third-order valence-corrected chi connectivity index (χ3v) is 3.92. The molecule has 0 fully saturated rings. The zero-order valence-electron chi connectivity index (χ0n) is 10.8. The maximum atomic E-state index is 11.9. The normalized spacial score (nSPS) is 12.1. The number of nitrogen functional groups attached to an aromatic ring is 1. The highest BCUT2D eigenvalue weighted by molar-refractivity contribution is 7.99. The highest BCUT2D eigenvalue weighted by Gasteiger charge is 2.13. The third-order valence-electron chi connectivity index (χ3n) is 2.62. The monoisotopic (exact) mass is 311 g/mol. The minimum atomic E-state index is -0.160. The molecule has 1 aromatic carbocycles. The number of halogens is 1. The molecule has 0 aliphatic heterocycles. The van der Waals surface area contributed by atoms with Crippen molar-refractivity contribution >= 4 is 29.3 Å². The molecule has 6 nitrogen and oxygen atoms in total. The van der Waals surface area contributed by atoms with Gasteiger partial charge in [0.25, 0.3) is 0 Å². The van der Waals surface area contributed by atoms with E-state index >= 15 is 0 Å². The minimum Gasteiger partial charge on any atom is -0.349 e. The number of nitrogens with zero attached hydrogens (tertiary/aromatic N) is 3. The number of carbonyl (C=O) groups is 1. The molecule has 0 aliphatic carbocycles. The number of carbonyl (C=O) groups excluding carboxylic acids is 1. The fraction of sp³-hybridized carbons (Fsp3) is 0.250. The van der Waals surface area contributed by atoms with Crippen molar-refractivity contribution in [2.24, 2.45) is 0 Å². The van der Waals surface area contributed by atoms with E-state index in [-0.39, 0.29) is 17.7 Å². The summed E-state index contributed by atoms with van der Waals surface area (Å²) in [6.45, 7) is 1.88. The smallest absolute Gasteiger partial charge is 0.230 e. The fourth-order valence-electron chi connectivity index (χ4n) is 1.65. The zero-order chi connectivity index (χ0) is 14.5. The molecule has 106 valence electrons. The molecule has 0 aliphatic rings. The number of thioether (sulfide) groups is 1. The molecule has 1 amide bonds. The highest BCUT2D eigenvalue weighted by atomic mass is 35.5. The van der Waals surface area contributed by atoms with Gasteiger partial charge in [0.05, 0.1) is 11.8 Å².